The number of nitrogens with one attached hydrogen (secondary N) is 2. The van der Waals surface area contributed by atoms with E-state index in [0.29, 0.717) is 42.8 Å². The Labute approximate surface area is 285 Å². The quantitative estimate of drug-likeness (QED) is 0.161. The minimum absolute atomic E-state index is 0.203. The molecule has 2 unspecified atom stereocenters. The van der Waals surface area contributed by atoms with Gasteiger partial charge in [0, 0.05) is 48.1 Å². The van der Waals surface area contributed by atoms with Gasteiger partial charge in [0.2, 0.25) is 0 Å². The van der Waals surface area contributed by atoms with Gasteiger partial charge >= 0.3 is 0 Å². The number of carbonyl (C=O) groups is 4. The van der Waals surface area contributed by atoms with Gasteiger partial charge in [-0.2, -0.15) is 0 Å². The lowest BCUT2D eigenvalue weighted by atomic mass is 10.0. The fourth-order valence-electron chi connectivity index (χ4n) is 6.06. The third-order valence-corrected chi connectivity index (χ3v) is 10.9. The van der Waals surface area contributed by atoms with Crippen molar-refractivity contribution in [3.8, 4) is 0 Å². The largest absolute Gasteiger partial charge is 0.345 e. The van der Waals surface area contributed by atoms with Crippen molar-refractivity contribution in [2.24, 2.45) is 0 Å². The number of imide groups is 1. The van der Waals surface area contributed by atoms with E-state index in [1.807, 2.05) is 111 Å². The molecule has 3 heterocycles. The molecule has 2 aromatic heterocycles. The Kier molecular flexibility index (Phi) is 8.24. The molecule has 0 spiro atoms. The molecule has 4 aromatic carbocycles. The Morgan fingerprint density at radius 3 is 1.38 bits per heavy atom. The molecular formula is C39H31N3O4S2. The van der Waals surface area contributed by atoms with E-state index in [1.54, 1.807) is 12.1 Å². The van der Waals surface area contributed by atoms with Crippen LogP contribution in [0.3, 0.4) is 0 Å². The Bertz CT molecular complexity index is 2110. The van der Waals surface area contributed by atoms with Gasteiger partial charge in [-0.05, 0) is 61.4 Å². The van der Waals surface area contributed by atoms with Gasteiger partial charge in [0.1, 0.15) is 0 Å². The Balaban J connectivity index is 1.26. The van der Waals surface area contributed by atoms with Crippen LogP contribution in [0.2, 0.25) is 0 Å². The first-order chi connectivity index (χ1) is 23.2. The monoisotopic (exact) mass is 669 g/mol. The van der Waals surface area contributed by atoms with Gasteiger partial charge in [-0.3, -0.25) is 24.1 Å². The summed E-state index contributed by atoms with van der Waals surface area (Å²) in [7, 11) is 1.48. The molecule has 48 heavy (non-hydrogen) atoms. The summed E-state index contributed by atoms with van der Waals surface area (Å²) in [5, 5.41) is 7.59. The number of likely N-dealkylation sites (N-methyl/N-ethyl adjacent to an activating group) is 1. The molecule has 1 aliphatic heterocycles. The molecule has 7 nitrogen and oxygen atoms in total. The topological polar surface area (TPSA) is 95.6 Å². The van der Waals surface area contributed by atoms with Crippen LogP contribution >= 0.6 is 22.7 Å². The molecule has 7 rings (SSSR count). The van der Waals surface area contributed by atoms with Gasteiger partial charge < -0.3 is 10.6 Å². The van der Waals surface area contributed by atoms with Crippen LogP contribution in [0, 0.1) is 0 Å². The molecule has 2 N–H and O–H groups in total. The summed E-state index contributed by atoms with van der Waals surface area (Å²) >= 11 is 2.74. The summed E-state index contributed by atoms with van der Waals surface area (Å²) in [6.07, 6.45) is 0. The predicted octanol–water partition coefficient (Wildman–Crippen LogP) is 8.01. The number of benzene rings is 4. The van der Waals surface area contributed by atoms with Gasteiger partial charge in [-0.15, -0.1) is 22.7 Å². The molecular weight excluding hydrogens is 639 g/mol. The van der Waals surface area contributed by atoms with Gasteiger partial charge in [-0.25, -0.2) is 0 Å². The van der Waals surface area contributed by atoms with Crippen molar-refractivity contribution in [3.63, 3.8) is 0 Å². The average Bonchev–Trinajstić information content (AvgIpc) is 3.79. The smallest absolute Gasteiger partial charge is 0.262 e. The van der Waals surface area contributed by atoms with Crippen molar-refractivity contribution >= 4 is 77.6 Å². The van der Waals surface area contributed by atoms with E-state index in [4.69, 9.17) is 0 Å². The Morgan fingerprint density at radius 1 is 0.583 bits per heavy atom. The molecule has 0 aliphatic carbocycles. The van der Waals surface area contributed by atoms with Crippen molar-refractivity contribution in [3.05, 3.63) is 141 Å². The number of hydrogen-bond acceptors (Lipinski definition) is 6. The number of fused-ring (bicyclic) bond motifs is 2. The summed E-state index contributed by atoms with van der Waals surface area (Å²) in [4.78, 5) is 56.6. The normalized spacial score (nSPS) is 14.5. The van der Waals surface area contributed by atoms with E-state index in [1.165, 1.54) is 29.7 Å². The highest BCUT2D eigenvalue weighted by atomic mass is 32.1. The van der Waals surface area contributed by atoms with E-state index >= 15 is 0 Å². The van der Waals surface area contributed by atoms with Crippen molar-refractivity contribution < 1.29 is 19.2 Å². The standard InChI is InChI=1S/C39H31N3O4S2/c1-22(24-12-6-4-7-13-24)40-36(43)26-16-10-18-30-28(26)20-32(47-30)34-35(39(46)42(3)38(34)45)33-21-29-27(17-11-19-31(29)48-33)37(44)41-23(2)25-14-8-5-9-15-25/h4-23H,1-3H3,(H,40,43)(H,41,44). The minimum atomic E-state index is -0.405. The SMILES string of the molecule is CC(NC(=O)c1cccc2sc(C3=C(c4cc5c(C(=O)NC(C)c6ccccc6)cccc5s4)C(=O)N(C)C3=O)cc12)c1ccccc1. The van der Waals surface area contributed by atoms with Gasteiger partial charge in [0.05, 0.1) is 23.2 Å². The van der Waals surface area contributed by atoms with E-state index in [9.17, 15) is 19.2 Å². The molecule has 2 atom stereocenters. The molecule has 238 valence electrons. The van der Waals surface area contributed by atoms with Gasteiger partial charge in [-0.1, -0.05) is 72.8 Å². The second-order valence-electron chi connectivity index (χ2n) is 11.8. The Morgan fingerprint density at radius 2 is 0.979 bits per heavy atom. The van der Waals surface area contributed by atoms with Crippen molar-refractivity contribution in [2.45, 2.75) is 25.9 Å². The zero-order valence-corrected chi connectivity index (χ0v) is 28.1. The third-order valence-electron chi connectivity index (χ3n) is 8.69. The van der Waals surface area contributed by atoms with E-state index < -0.39 is 11.8 Å². The minimum Gasteiger partial charge on any atom is -0.345 e. The van der Waals surface area contributed by atoms with Crippen LogP contribution < -0.4 is 10.6 Å². The van der Waals surface area contributed by atoms with Crippen LogP contribution in [0.4, 0.5) is 0 Å². The van der Waals surface area contributed by atoms with Crippen LogP contribution in [0.1, 0.15) is 67.5 Å². The Hall–Kier alpha value is -5.38. The van der Waals surface area contributed by atoms with E-state index in [-0.39, 0.29) is 23.9 Å². The summed E-state index contributed by atoms with van der Waals surface area (Å²) in [5.41, 5.74) is 3.56. The molecule has 1 aliphatic rings. The molecule has 0 bridgehead atoms. The maximum atomic E-state index is 13.7. The van der Waals surface area contributed by atoms with Crippen LogP contribution in [-0.2, 0) is 9.59 Å². The van der Waals surface area contributed by atoms with Crippen LogP contribution in [0.25, 0.3) is 31.3 Å². The maximum absolute atomic E-state index is 13.7. The molecule has 6 aromatic rings. The first kappa shape index (κ1) is 31.2. The molecule has 0 fully saturated rings. The zero-order chi connectivity index (χ0) is 33.5. The highest BCUT2D eigenvalue weighted by Gasteiger charge is 2.39. The first-order valence-electron chi connectivity index (χ1n) is 15.6. The highest BCUT2D eigenvalue weighted by Crippen LogP contribution is 2.44. The lowest BCUT2D eigenvalue weighted by Gasteiger charge is -2.14. The van der Waals surface area contributed by atoms with E-state index in [2.05, 4.69) is 10.6 Å². The number of nitrogens with zero attached hydrogens (tertiary/aromatic N) is 1. The second kappa shape index (κ2) is 12.7. The highest BCUT2D eigenvalue weighted by molar-refractivity contribution is 7.22. The third kappa shape index (κ3) is 5.61. The predicted molar refractivity (Wildman–Crippen MR) is 193 cm³/mol. The summed E-state index contributed by atoms with van der Waals surface area (Å²) in [6.45, 7) is 3.87. The van der Waals surface area contributed by atoms with E-state index in [0.717, 1.165) is 25.4 Å². The average molecular weight is 670 g/mol. The van der Waals surface area contributed by atoms with Crippen molar-refractivity contribution in [1.82, 2.24) is 15.5 Å². The second-order valence-corrected chi connectivity index (χ2v) is 14.0. The number of hydrogen-bond donors (Lipinski definition) is 2. The van der Waals surface area contributed by atoms with Crippen LogP contribution in [-0.4, -0.2) is 35.6 Å². The lowest BCUT2D eigenvalue weighted by Crippen LogP contribution is -2.26. The van der Waals surface area contributed by atoms with Crippen LogP contribution in [0.15, 0.2) is 109 Å². The molecule has 0 radical (unpaired) electrons. The van der Waals surface area contributed by atoms with Crippen molar-refractivity contribution in [2.75, 3.05) is 7.05 Å². The molecule has 4 amide bonds. The maximum Gasteiger partial charge on any atom is 0.262 e. The molecule has 0 saturated heterocycles. The number of carbonyl (C=O) groups excluding carboxylic acids is 4. The number of thiophene rings is 2. The number of amides is 4. The van der Waals surface area contributed by atoms with Gasteiger partial charge in [0.15, 0.2) is 0 Å². The first-order valence-corrected chi connectivity index (χ1v) is 17.2. The summed E-state index contributed by atoms with van der Waals surface area (Å²) in [6, 6.07) is 33.7. The lowest BCUT2D eigenvalue weighted by molar-refractivity contribution is -0.134. The fraction of sp³-hybridized carbons (Fsp3) is 0.128. The zero-order valence-electron chi connectivity index (χ0n) is 26.4. The van der Waals surface area contributed by atoms with Gasteiger partial charge in [0.25, 0.3) is 23.6 Å². The summed E-state index contributed by atoms with van der Waals surface area (Å²) < 4.78 is 1.66. The molecule has 9 heteroatoms. The number of rotatable bonds is 8. The molecule has 0 saturated carbocycles. The fourth-order valence-corrected chi connectivity index (χ4v) is 8.32. The summed E-state index contributed by atoms with van der Waals surface area (Å²) in [5.74, 6) is -1.26. The van der Waals surface area contributed by atoms with Crippen molar-refractivity contribution in [1.29, 1.82) is 0 Å². The van der Waals surface area contributed by atoms with Crippen LogP contribution in [0.5, 0.6) is 0 Å².